The molecule has 1 aromatic carbocycles. The van der Waals surface area contributed by atoms with Crippen molar-refractivity contribution < 1.29 is 18.7 Å². The number of carbonyl (C=O) groups is 2. The van der Waals surface area contributed by atoms with Crippen LogP contribution in [0.1, 0.15) is 52.5 Å². The Hall–Kier alpha value is -2.44. The van der Waals surface area contributed by atoms with Gasteiger partial charge in [0.05, 0.1) is 17.2 Å². The van der Waals surface area contributed by atoms with Gasteiger partial charge in [0.2, 0.25) is 0 Å². The van der Waals surface area contributed by atoms with Gasteiger partial charge in [-0.3, -0.25) is 10.00 Å². The average Bonchev–Trinajstić information content (AvgIpc) is 2.96. The molecule has 26 heavy (non-hydrogen) atoms. The van der Waals surface area contributed by atoms with Gasteiger partial charge in [-0.25, -0.2) is 9.18 Å². The van der Waals surface area contributed by atoms with E-state index in [0.717, 1.165) is 37.4 Å². The topological polar surface area (TPSA) is 73.2 Å². The van der Waals surface area contributed by atoms with Crippen LogP contribution in [0.15, 0.2) is 18.3 Å². The Balaban J connectivity index is 1.78. The zero-order valence-corrected chi connectivity index (χ0v) is 15.3. The lowest BCUT2D eigenvalue weighted by Crippen LogP contribution is -2.27. The molecule has 140 valence electrons. The molecule has 0 spiro atoms. The van der Waals surface area contributed by atoms with Crippen LogP contribution in [0.4, 0.5) is 14.9 Å². The van der Waals surface area contributed by atoms with Gasteiger partial charge in [-0.15, -0.1) is 0 Å². The third kappa shape index (κ3) is 4.20. The van der Waals surface area contributed by atoms with Crippen LogP contribution in [-0.4, -0.2) is 27.8 Å². The van der Waals surface area contributed by atoms with Crippen LogP contribution in [-0.2, 0) is 9.53 Å². The first kappa shape index (κ1) is 18.4. The molecule has 1 amide bonds. The first-order valence-corrected chi connectivity index (χ1v) is 8.89. The number of nitrogens with one attached hydrogen (secondary N) is 1. The molecular weight excluding hydrogens is 337 g/mol. The number of amides is 1. The first-order chi connectivity index (χ1) is 12.2. The minimum Gasteiger partial charge on any atom is -0.444 e. The van der Waals surface area contributed by atoms with Gasteiger partial charge >= 0.3 is 6.09 Å². The third-order valence-electron chi connectivity index (χ3n) is 4.55. The number of nitrogens with zero attached hydrogens (tertiary/aromatic N) is 2. The van der Waals surface area contributed by atoms with Crippen molar-refractivity contribution in [3.63, 3.8) is 0 Å². The number of fused-ring (bicyclic) bond motifs is 1. The second-order valence-corrected chi connectivity index (χ2v) is 7.83. The highest BCUT2D eigenvalue weighted by Crippen LogP contribution is 2.32. The highest BCUT2D eigenvalue weighted by Gasteiger charge is 2.23. The largest absolute Gasteiger partial charge is 0.444 e. The molecule has 0 bridgehead atoms. The number of hydrogen-bond acceptors (Lipinski definition) is 4. The molecular formula is C19H24FN3O3. The number of halogens is 1. The van der Waals surface area contributed by atoms with Crippen molar-refractivity contribution in [3.05, 3.63) is 24.1 Å². The van der Waals surface area contributed by atoms with Crippen LogP contribution in [0.5, 0.6) is 0 Å². The molecule has 1 fully saturated rings. The van der Waals surface area contributed by atoms with E-state index in [0.29, 0.717) is 5.52 Å². The van der Waals surface area contributed by atoms with Crippen molar-refractivity contribution in [2.45, 2.75) is 58.1 Å². The molecule has 1 aliphatic carbocycles. The summed E-state index contributed by atoms with van der Waals surface area (Å²) < 4.78 is 21.3. The maximum Gasteiger partial charge on any atom is 0.412 e. The number of ether oxygens (including phenoxy) is 1. The number of benzene rings is 1. The van der Waals surface area contributed by atoms with Crippen molar-refractivity contribution in [3.8, 4) is 0 Å². The predicted molar refractivity (Wildman–Crippen MR) is 96.6 cm³/mol. The molecule has 7 heteroatoms. The number of rotatable bonds is 3. The predicted octanol–water partition coefficient (Wildman–Crippen LogP) is 4.45. The SMILES string of the molecule is CC(C)(C)OC(=O)Nc1cc2cn(C3CCC(C=O)CC3)nc2cc1F. The zero-order chi connectivity index (χ0) is 18.9. The van der Waals surface area contributed by atoms with Crippen LogP contribution in [0.3, 0.4) is 0 Å². The number of hydrogen-bond donors (Lipinski definition) is 1. The Morgan fingerprint density at radius 3 is 2.62 bits per heavy atom. The van der Waals surface area contributed by atoms with Gasteiger partial charge in [-0.1, -0.05) is 0 Å². The van der Waals surface area contributed by atoms with Gasteiger partial charge in [0.15, 0.2) is 0 Å². The summed E-state index contributed by atoms with van der Waals surface area (Å²) in [5.41, 5.74) is -0.0543. The van der Waals surface area contributed by atoms with Gasteiger partial charge in [0, 0.05) is 23.6 Å². The number of carbonyl (C=O) groups excluding carboxylic acids is 2. The Morgan fingerprint density at radius 2 is 2.00 bits per heavy atom. The van der Waals surface area contributed by atoms with E-state index in [9.17, 15) is 14.0 Å². The van der Waals surface area contributed by atoms with Crippen LogP contribution < -0.4 is 5.32 Å². The molecule has 1 saturated carbocycles. The van der Waals surface area contributed by atoms with Crippen LogP contribution in [0.25, 0.3) is 10.9 Å². The van der Waals surface area contributed by atoms with Gasteiger partial charge in [-0.05, 0) is 52.5 Å². The fraction of sp³-hybridized carbons (Fsp3) is 0.526. The third-order valence-corrected chi connectivity index (χ3v) is 4.55. The minimum absolute atomic E-state index is 0.0657. The molecule has 1 aliphatic rings. The second-order valence-electron chi connectivity index (χ2n) is 7.83. The highest BCUT2D eigenvalue weighted by atomic mass is 19.1. The summed E-state index contributed by atoms with van der Waals surface area (Å²) in [6.07, 6.45) is 5.65. The monoisotopic (exact) mass is 361 g/mol. The molecule has 6 nitrogen and oxygen atoms in total. The fourth-order valence-corrected chi connectivity index (χ4v) is 3.26. The fourth-order valence-electron chi connectivity index (χ4n) is 3.26. The van der Waals surface area contributed by atoms with Crippen molar-refractivity contribution in [1.82, 2.24) is 9.78 Å². The van der Waals surface area contributed by atoms with E-state index < -0.39 is 17.5 Å². The summed E-state index contributed by atoms with van der Waals surface area (Å²) in [5.74, 6) is -0.420. The Kier molecular flexibility index (Phi) is 4.98. The molecule has 3 rings (SSSR count). The lowest BCUT2D eigenvalue weighted by Gasteiger charge is -2.25. The van der Waals surface area contributed by atoms with Crippen molar-refractivity contribution in [1.29, 1.82) is 0 Å². The number of aromatic nitrogens is 2. The molecule has 0 radical (unpaired) electrons. The summed E-state index contributed by atoms with van der Waals surface area (Å²) >= 11 is 0. The standard InChI is InChI=1S/C19H24FN3O3/c1-19(2,3)26-18(25)21-17-8-13-10-23(22-16(13)9-15(17)20)14-6-4-12(11-24)5-7-14/h8-12,14H,4-7H2,1-3H3,(H,21,25). The minimum atomic E-state index is -0.699. The average molecular weight is 361 g/mol. The van der Waals surface area contributed by atoms with Crippen LogP contribution in [0.2, 0.25) is 0 Å². The van der Waals surface area contributed by atoms with Gasteiger partial charge in [-0.2, -0.15) is 5.10 Å². The Morgan fingerprint density at radius 1 is 1.31 bits per heavy atom. The van der Waals surface area contributed by atoms with E-state index in [2.05, 4.69) is 10.4 Å². The highest BCUT2D eigenvalue weighted by molar-refractivity contribution is 5.90. The molecule has 1 aromatic heterocycles. The van der Waals surface area contributed by atoms with E-state index in [1.807, 2.05) is 10.9 Å². The maximum absolute atomic E-state index is 14.3. The molecule has 1 heterocycles. The van der Waals surface area contributed by atoms with Gasteiger partial charge in [0.1, 0.15) is 17.7 Å². The maximum atomic E-state index is 14.3. The lowest BCUT2D eigenvalue weighted by molar-refractivity contribution is -0.112. The van der Waals surface area contributed by atoms with Crippen LogP contribution >= 0.6 is 0 Å². The van der Waals surface area contributed by atoms with E-state index in [1.54, 1.807) is 26.8 Å². The summed E-state index contributed by atoms with van der Waals surface area (Å²) in [5, 5.41) is 7.67. The molecule has 2 aromatic rings. The van der Waals surface area contributed by atoms with Gasteiger partial charge in [0.25, 0.3) is 0 Å². The van der Waals surface area contributed by atoms with E-state index >= 15 is 0 Å². The molecule has 0 atom stereocenters. The molecule has 0 unspecified atom stereocenters. The zero-order valence-electron chi connectivity index (χ0n) is 15.3. The first-order valence-electron chi connectivity index (χ1n) is 8.89. The normalized spacial score (nSPS) is 20.8. The van der Waals surface area contributed by atoms with E-state index in [1.165, 1.54) is 6.07 Å². The number of anilines is 1. The van der Waals surface area contributed by atoms with Crippen LogP contribution in [0, 0.1) is 11.7 Å². The van der Waals surface area contributed by atoms with Gasteiger partial charge < -0.3 is 9.53 Å². The summed E-state index contributed by atoms with van der Waals surface area (Å²) in [4.78, 5) is 22.8. The molecule has 0 saturated heterocycles. The lowest BCUT2D eigenvalue weighted by atomic mass is 9.87. The van der Waals surface area contributed by atoms with Crippen molar-refractivity contribution in [2.75, 3.05) is 5.32 Å². The number of aldehydes is 1. The quantitative estimate of drug-likeness (QED) is 0.820. The van der Waals surface area contributed by atoms with Crippen molar-refractivity contribution in [2.24, 2.45) is 5.92 Å². The summed E-state index contributed by atoms with van der Waals surface area (Å²) in [6.45, 7) is 5.24. The Bertz CT molecular complexity index is 817. The second kappa shape index (κ2) is 7.05. The summed E-state index contributed by atoms with van der Waals surface area (Å²) in [7, 11) is 0. The Labute approximate surface area is 151 Å². The molecule has 0 aliphatic heterocycles. The van der Waals surface area contributed by atoms with Crippen molar-refractivity contribution >= 4 is 29.0 Å². The van der Waals surface area contributed by atoms with E-state index in [-0.39, 0.29) is 17.6 Å². The van der Waals surface area contributed by atoms with E-state index in [4.69, 9.17) is 4.74 Å². The summed E-state index contributed by atoms with van der Waals surface area (Å²) in [6, 6.07) is 3.09. The molecule has 1 N–H and O–H groups in total. The smallest absolute Gasteiger partial charge is 0.412 e.